The van der Waals surface area contributed by atoms with Gasteiger partial charge in [0.25, 0.3) is 5.56 Å². The monoisotopic (exact) mass is 427 g/mol. The maximum atomic E-state index is 12.9. The Balaban J connectivity index is 1.58. The van der Waals surface area contributed by atoms with E-state index in [1.807, 2.05) is 25.1 Å². The molecule has 1 aromatic carbocycles. The topological polar surface area (TPSA) is 78.5 Å². The van der Waals surface area contributed by atoms with Gasteiger partial charge < -0.3 is 14.8 Å². The Hall–Kier alpha value is -2.06. The quantitative estimate of drug-likeness (QED) is 0.548. The minimum Gasteiger partial charge on any atom is -0.389 e. The van der Waals surface area contributed by atoms with Gasteiger partial charge in [0.05, 0.1) is 24.6 Å². The molecule has 0 saturated carbocycles. The van der Waals surface area contributed by atoms with Crippen molar-refractivity contribution in [1.82, 2.24) is 14.9 Å². The van der Waals surface area contributed by atoms with Gasteiger partial charge in [0.2, 0.25) is 0 Å². The second-order valence-corrected chi connectivity index (χ2v) is 8.96. The van der Waals surface area contributed by atoms with Crippen LogP contribution in [0.15, 0.2) is 35.1 Å². The highest BCUT2D eigenvalue weighted by Gasteiger charge is 2.21. The van der Waals surface area contributed by atoms with Crippen LogP contribution < -0.4 is 5.56 Å². The summed E-state index contributed by atoms with van der Waals surface area (Å²) in [6, 6.07) is 10.1. The zero-order chi connectivity index (χ0) is 20.9. The third-order valence-electron chi connectivity index (χ3n) is 5.48. The number of aromatic nitrogens is 2. The fraction of sp³-hybridized carbons (Fsp3) is 0.478. The molecule has 6 nitrogen and oxygen atoms in total. The number of benzene rings is 1. The summed E-state index contributed by atoms with van der Waals surface area (Å²) in [6.07, 6.45) is 3.76. The van der Waals surface area contributed by atoms with Crippen LogP contribution >= 0.6 is 11.3 Å². The minimum absolute atomic E-state index is 0.0380. The lowest BCUT2D eigenvalue weighted by Crippen LogP contribution is -2.35. The van der Waals surface area contributed by atoms with Crippen LogP contribution in [0.1, 0.15) is 41.6 Å². The first-order chi connectivity index (χ1) is 14.6. The van der Waals surface area contributed by atoms with E-state index in [2.05, 4.69) is 22.0 Å². The number of H-pyrrole nitrogens is 1. The second kappa shape index (κ2) is 9.83. The normalized spacial score (nSPS) is 14.9. The summed E-state index contributed by atoms with van der Waals surface area (Å²) < 4.78 is 5.37. The van der Waals surface area contributed by atoms with Crippen molar-refractivity contribution in [2.75, 3.05) is 19.8 Å². The Morgan fingerprint density at radius 3 is 2.83 bits per heavy atom. The molecule has 4 rings (SSSR count). The summed E-state index contributed by atoms with van der Waals surface area (Å²) in [7, 11) is 0. The number of hydrogen-bond acceptors (Lipinski definition) is 6. The van der Waals surface area contributed by atoms with Crippen molar-refractivity contribution in [3.63, 3.8) is 0 Å². The lowest BCUT2D eigenvalue weighted by molar-refractivity contribution is 0.0175. The number of aromatic amines is 1. The highest BCUT2D eigenvalue weighted by molar-refractivity contribution is 7.18. The highest BCUT2D eigenvalue weighted by atomic mass is 32.1. The third kappa shape index (κ3) is 4.98. The third-order valence-corrected chi connectivity index (χ3v) is 6.67. The molecular formula is C23H29N3O3S. The first-order valence-corrected chi connectivity index (χ1v) is 11.5. The van der Waals surface area contributed by atoms with Gasteiger partial charge in [-0.05, 0) is 43.7 Å². The Morgan fingerprint density at radius 2 is 2.03 bits per heavy atom. The summed E-state index contributed by atoms with van der Waals surface area (Å²) in [6.45, 7) is 4.35. The molecular weight excluding hydrogens is 398 g/mol. The molecule has 30 heavy (non-hydrogen) atoms. The summed E-state index contributed by atoms with van der Waals surface area (Å²) >= 11 is 1.67. The van der Waals surface area contributed by atoms with Crippen molar-refractivity contribution in [3.05, 3.63) is 62.5 Å². The van der Waals surface area contributed by atoms with Crippen molar-refractivity contribution in [3.8, 4) is 0 Å². The zero-order valence-corrected chi connectivity index (χ0v) is 18.2. The van der Waals surface area contributed by atoms with Crippen LogP contribution in [0.4, 0.5) is 0 Å². The minimum atomic E-state index is -0.599. The standard InChI is InChI=1S/C23H29N3O3S/c1-2-29-15-17(27)13-26(12-16-8-4-3-5-9-16)14-20-24-22(28)21-18-10-6-7-11-19(18)30-23(21)25-20/h3-5,8-9,17,27H,2,6-7,10-15H2,1H3,(H,24,25,28). The molecule has 1 aliphatic carbocycles. The molecule has 1 atom stereocenters. The molecule has 2 N–H and O–H groups in total. The van der Waals surface area contributed by atoms with Gasteiger partial charge >= 0.3 is 0 Å². The number of aryl methyl sites for hydroxylation is 2. The summed E-state index contributed by atoms with van der Waals surface area (Å²) in [5.74, 6) is 0.644. The molecule has 3 aromatic rings. The molecule has 160 valence electrons. The van der Waals surface area contributed by atoms with Crippen LogP contribution in [0.3, 0.4) is 0 Å². The number of rotatable bonds is 9. The number of nitrogens with one attached hydrogen (secondary N) is 1. The smallest absolute Gasteiger partial charge is 0.259 e. The van der Waals surface area contributed by atoms with Crippen LogP contribution in [0.5, 0.6) is 0 Å². The summed E-state index contributed by atoms with van der Waals surface area (Å²) in [4.78, 5) is 24.9. The molecule has 0 spiro atoms. The van der Waals surface area contributed by atoms with Crippen LogP contribution in [-0.4, -0.2) is 45.8 Å². The molecule has 0 amide bonds. The maximum absolute atomic E-state index is 12.9. The van der Waals surface area contributed by atoms with E-state index in [0.717, 1.165) is 35.0 Å². The molecule has 0 saturated heterocycles. The molecule has 0 aliphatic heterocycles. The fourth-order valence-electron chi connectivity index (χ4n) is 4.13. The van der Waals surface area contributed by atoms with Gasteiger partial charge in [-0.1, -0.05) is 30.3 Å². The van der Waals surface area contributed by atoms with E-state index in [9.17, 15) is 9.90 Å². The molecule has 0 fully saturated rings. The number of ether oxygens (including phenoxy) is 1. The Kier molecular flexibility index (Phi) is 6.94. The van der Waals surface area contributed by atoms with Crippen LogP contribution in [0.2, 0.25) is 0 Å². The first-order valence-electron chi connectivity index (χ1n) is 10.7. The number of nitrogens with zero attached hydrogens (tertiary/aromatic N) is 2. The average Bonchev–Trinajstić information content (AvgIpc) is 3.11. The fourth-order valence-corrected chi connectivity index (χ4v) is 5.41. The second-order valence-electron chi connectivity index (χ2n) is 7.87. The van der Waals surface area contributed by atoms with Gasteiger partial charge in [0.15, 0.2) is 0 Å². The van der Waals surface area contributed by atoms with Crippen molar-refractivity contribution >= 4 is 21.6 Å². The van der Waals surface area contributed by atoms with E-state index in [1.54, 1.807) is 11.3 Å². The lowest BCUT2D eigenvalue weighted by Gasteiger charge is -2.24. The van der Waals surface area contributed by atoms with Crippen LogP contribution in [-0.2, 0) is 30.7 Å². The molecule has 2 aromatic heterocycles. The van der Waals surface area contributed by atoms with Crippen molar-refractivity contribution in [1.29, 1.82) is 0 Å². The van der Waals surface area contributed by atoms with Gasteiger partial charge in [-0.2, -0.15) is 0 Å². The largest absolute Gasteiger partial charge is 0.389 e. The van der Waals surface area contributed by atoms with Gasteiger partial charge in [0.1, 0.15) is 10.7 Å². The molecule has 2 heterocycles. The number of thiophene rings is 1. The summed E-state index contributed by atoms with van der Waals surface area (Å²) in [5.41, 5.74) is 2.31. The van der Waals surface area contributed by atoms with Crippen molar-refractivity contribution < 1.29 is 9.84 Å². The average molecular weight is 428 g/mol. The van der Waals surface area contributed by atoms with E-state index >= 15 is 0 Å². The SMILES string of the molecule is CCOCC(O)CN(Cc1ccccc1)Cc1nc2sc3c(c2c(=O)[nH]1)CCCC3. The molecule has 1 aliphatic rings. The van der Waals surface area contributed by atoms with E-state index in [4.69, 9.17) is 9.72 Å². The Morgan fingerprint density at radius 1 is 1.23 bits per heavy atom. The Bertz CT molecular complexity index is 1030. The molecule has 1 unspecified atom stereocenters. The number of aliphatic hydroxyl groups excluding tert-OH is 1. The van der Waals surface area contributed by atoms with E-state index < -0.39 is 6.10 Å². The lowest BCUT2D eigenvalue weighted by atomic mass is 9.97. The van der Waals surface area contributed by atoms with Crippen LogP contribution in [0.25, 0.3) is 10.2 Å². The van der Waals surface area contributed by atoms with Gasteiger partial charge in [-0.15, -0.1) is 11.3 Å². The van der Waals surface area contributed by atoms with Crippen LogP contribution in [0, 0.1) is 0 Å². The predicted molar refractivity (Wildman–Crippen MR) is 120 cm³/mol. The van der Waals surface area contributed by atoms with E-state index in [0.29, 0.717) is 38.7 Å². The molecule has 0 bridgehead atoms. The van der Waals surface area contributed by atoms with E-state index in [-0.39, 0.29) is 5.56 Å². The number of hydrogen-bond donors (Lipinski definition) is 2. The van der Waals surface area contributed by atoms with Gasteiger partial charge in [-0.3, -0.25) is 9.69 Å². The zero-order valence-electron chi connectivity index (χ0n) is 17.4. The van der Waals surface area contributed by atoms with Crippen molar-refractivity contribution in [2.24, 2.45) is 0 Å². The van der Waals surface area contributed by atoms with Crippen molar-refractivity contribution in [2.45, 2.75) is 51.8 Å². The first kappa shape index (κ1) is 21.2. The van der Waals surface area contributed by atoms with Gasteiger partial charge in [0, 0.05) is 24.6 Å². The molecule has 0 radical (unpaired) electrons. The van der Waals surface area contributed by atoms with Gasteiger partial charge in [-0.25, -0.2) is 4.98 Å². The number of aliphatic hydroxyl groups is 1. The van der Waals surface area contributed by atoms with E-state index in [1.165, 1.54) is 16.9 Å². The highest BCUT2D eigenvalue weighted by Crippen LogP contribution is 2.33. The maximum Gasteiger partial charge on any atom is 0.259 e. The summed E-state index contributed by atoms with van der Waals surface area (Å²) in [5, 5.41) is 11.2. The Labute approximate surface area is 180 Å². The molecule has 7 heteroatoms. The predicted octanol–water partition coefficient (Wildman–Crippen LogP) is 3.26. The number of fused-ring (bicyclic) bond motifs is 3.